The second-order valence-electron chi connectivity index (χ2n) is 14.9. The van der Waals surface area contributed by atoms with Crippen molar-refractivity contribution in [1.29, 1.82) is 0 Å². The molecule has 2 aliphatic carbocycles. The maximum absolute atomic E-state index is 12.8. The third kappa shape index (κ3) is 27.5. The summed E-state index contributed by atoms with van der Waals surface area (Å²) in [5.74, 6) is -2.78. The van der Waals surface area contributed by atoms with Gasteiger partial charge in [-0.1, -0.05) is 49.4 Å². The largest absolute Gasteiger partial charge is 1.00 e. The summed E-state index contributed by atoms with van der Waals surface area (Å²) in [5, 5.41) is 21.3. The number of esters is 2. The molecular formula is C50H58F3NaO11. The van der Waals surface area contributed by atoms with Gasteiger partial charge in [0.15, 0.2) is 17.3 Å². The monoisotopic (exact) mass is 914 g/mol. The average molecular weight is 915 g/mol. The van der Waals surface area contributed by atoms with Gasteiger partial charge in [0.25, 0.3) is 0 Å². The number of benzene rings is 3. The smallest absolute Gasteiger partial charge is 0.875 e. The van der Waals surface area contributed by atoms with Gasteiger partial charge >= 0.3 is 47.6 Å². The molecule has 5 rings (SSSR count). The molecule has 3 aromatic rings. The molecule has 0 heterocycles. The Bertz CT molecular complexity index is 2020. The number of carbonyl (C=O) groups excluding carboxylic acids is 7. The Hall–Kier alpha value is -5.40. The number of hydrogen-bond acceptors (Lipinski definition) is 11. The molecule has 0 aliphatic heterocycles. The number of aryl methyl sites for hydroxylation is 3. The molecule has 15 heteroatoms. The minimum atomic E-state index is -0.879. The van der Waals surface area contributed by atoms with Crippen molar-refractivity contribution in [2.45, 2.75) is 97.3 Å². The normalized spacial score (nSPS) is 16.0. The maximum Gasteiger partial charge on any atom is 1.00 e. The molecule has 0 radical (unpaired) electrons. The van der Waals surface area contributed by atoms with Gasteiger partial charge in [-0.2, -0.15) is 9.59 Å². The summed E-state index contributed by atoms with van der Waals surface area (Å²) in [6.07, 6.45) is 15.4. The van der Waals surface area contributed by atoms with Crippen molar-refractivity contribution in [3.8, 4) is 0 Å². The van der Waals surface area contributed by atoms with E-state index < -0.39 is 17.6 Å². The summed E-state index contributed by atoms with van der Waals surface area (Å²) in [5.41, 5.74) is 3.22. The van der Waals surface area contributed by atoms with E-state index in [1.807, 2.05) is 6.08 Å². The Labute approximate surface area is 401 Å². The van der Waals surface area contributed by atoms with E-state index in [1.54, 1.807) is 49.4 Å². The van der Waals surface area contributed by atoms with Crippen LogP contribution in [0.25, 0.3) is 0 Å². The number of methoxy groups -OCH3 is 2. The molecule has 0 saturated carbocycles. The van der Waals surface area contributed by atoms with Gasteiger partial charge in [-0.15, -0.1) is 5.76 Å². The number of ketones is 3. The van der Waals surface area contributed by atoms with Crippen molar-refractivity contribution in [2.75, 3.05) is 14.2 Å². The second-order valence-corrected chi connectivity index (χ2v) is 14.9. The molecular weight excluding hydrogens is 857 g/mol. The first kappa shape index (κ1) is 59.6. The molecule has 11 nitrogen and oxygen atoms in total. The van der Waals surface area contributed by atoms with Crippen LogP contribution in [0.5, 0.6) is 0 Å². The van der Waals surface area contributed by atoms with Crippen LogP contribution in [-0.2, 0) is 62.3 Å². The predicted molar refractivity (Wildman–Crippen MR) is 230 cm³/mol. The molecule has 346 valence electrons. The van der Waals surface area contributed by atoms with E-state index in [-0.39, 0.29) is 100 Å². The standard InChI is InChI=1S/C17H19FO4.C15H17FO2.C13H15FO.C4H8O2.CO2.Na/c1-22-17(21)16-12(9-14(19)10-15(16)20)4-2-3-11-5-7-13(18)8-6-11;16-13-6-4-11(5-7-13)2-1-3-12-8-14(17)10-15(18)9-12;1-11(15)5-3-2-4-6-12-7-9-13(14)10-8-12;1-3-4(5)6-2;2-1-3;/h5-8,10,12,16,20H,2-4,9H2,1H3;4-7,10,12,17H,1-3,8-9H2;3,5,7-10H,2,4,6H2,1H3;3H2,1-2H3;;/q;;;;;+1/p-1/b;;5-3+;;;. The van der Waals surface area contributed by atoms with Crippen LogP contribution in [0, 0.1) is 35.2 Å². The van der Waals surface area contributed by atoms with Gasteiger partial charge in [0, 0.05) is 31.8 Å². The minimum Gasteiger partial charge on any atom is -0.875 e. The molecule has 0 bridgehead atoms. The van der Waals surface area contributed by atoms with Crippen molar-refractivity contribution >= 4 is 35.4 Å². The fraction of sp³-hybridized carbons (Fsp3) is 0.400. The zero-order valence-electron chi connectivity index (χ0n) is 37.8. The Balaban J connectivity index is 0.000000868. The summed E-state index contributed by atoms with van der Waals surface area (Å²) in [4.78, 5) is 71.4. The summed E-state index contributed by atoms with van der Waals surface area (Å²) in [6.45, 7) is 3.29. The average Bonchev–Trinajstić information content (AvgIpc) is 3.25. The van der Waals surface area contributed by atoms with E-state index in [9.17, 15) is 47.4 Å². The third-order valence-electron chi connectivity index (χ3n) is 9.88. The Morgan fingerprint density at radius 3 is 1.57 bits per heavy atom. The first-order valence-electron chi connectivity index (χ1n) is 20.9. The minimum absolute atomic E-state index is 0. The molecule has 0 aromatic heterocycles. The molecule has 1 N–H and O–H groups in total. The topological polar surface area (TPSA) is 181 Å². The molecule has 2 aliphatic rings. The number of ether oxygens (including phenoxy) is 2. The van der Waals surface area contributed by atoms with Gasteiger partial charge < -0.3 is 19.7 Å². The van der Waals surface area contributed by atoms with E-state index in [0.29, 0.717) is 38.5 Å². The number of carbonyl (C=O) groups is 5. The van der Waals surface area contributed by atoms with E-state index in [4.69, 9.17) is 9.59 Å². The first-order chi connectivity index (χ1) is 30.5. The van der Waals surface area contributed by atoms with Crippen LogP contribution in [-0.4, -0.2) is 54.8 Å². The summed E-state index contributed by atoms with van der Waals surface area (Å²) in [7, 11) is 2.62. The molecule has 0 spiro atoms. The van der Waals surface area contributed by atoms with Crippen LogP contribution in [0.2, 0.25) is 0 Å². The summed E-state index contributed by atoms with van der Waals surface area (Å²) < 4.78 is 47.1. The molecule has 65 heavy (non-hydrogen) atoms. The van der Waals surface area contributed by atoms with Crippen molar-refractivity contribution in [2.24, 2.45) is 17.8 Å². The second kappa shape index (κ2) is 34.9. The number of allylic oxidation sites excluding steroid dienone is 5. The number of unbranched alkanes of at least 4 members (excludes halogenated alkanes) is 1. The molecule has 0 amide bonds. The molecule has 3 atom stereocenters. The zero-order valence-corrected chi connectivity index (χ0v) is 39.8. The van der Waals surface area contributed by atoms with Crippen LogP contribution in [0.3, 0.4) is 0 Å². The summed E-state index contributed by atoms with van der Waals surface area (Å²) >= 11 is 0. The molecule has 0 saturated heterocycles. The van der Waals surface area contributed by atoms with Crippen molar-refractivity contribution in [1.82, 2.24) is 0 Å². The SMILES string of the molecule is CC(=O)/C=C/CCCc1ccc(F)cc1.CCC(=O)OC.COC(=O)C1C([O-])=CC(=O)CC1CCCc1ccc(F)cc1.O=C1C=C(O)CC(CCCc2ccc(F)cc2)C1.O=C=O.[Na+]. The quantitative estimate of drug-likeness (QED) is 0.0865. The van der Waals surface area contributed by atoms with Gasteiger partial charge in [-0.25, -0.2) is 13.2 Å². The van der Waals surface area contributed by atoms with Gasteiger partial charge in [0.05, 0.1) is 25.9 Å². The van der Waals surface area contributed by atoms with Crippen molar-refractivity contribution < 1.29 is 96.0 Å². The molecule has 3 aromatic carbocycles. The van der Waals surface area contributed by atoms with Gasteiger partial charge in [0.2, 0.25) is 0 Å². The summed E-state index contributed by atoms with van der Waals surface area (Å²) in [6, 6.07) is 19.3. The first-order valence-corrected chi connectivity index (χ1v) is 20.9. The zero-order chi connectivity index (χ0) is 47.9. The van der Waals surface area contributed by atoms with Crippen LogP contribution >= 0.6 is 0 Å². The van der Waals surface area contributed by atoms with Crippen molar-refractivity contribution in [3.05, 3.63) is 143 Å². The van der Waals surface area contributed by atoms with Crippen molar-refractivity contribution in [3.63, 3.8) is 0 Å². The maximum atomic E-state index is 12.8. The molecule has 3 unspecified atom stereocenters. The van der Waals surface area contributed by atoms with Gasteiger partial charge in [-0.3, -0.25) is 24.0 Å². The predicted octanol–water partition coefficient (Wildman–Crippen LogP) is 5.62. The van der Waals surface area contributed by atoms with E-state index in [2.05, 4.69) is 9.47 Å². The number of aliphatic hydroxyl groups is 1. The van der Waals surface area contributed by atoms with Gasteiger partial charge in [-0.05, 0) is 142 Å². The third-order valence-corrected chi connectivity index (χ3v) is 9.88. The Morgan fingerprint density at radius 1 is 0.723 bits per heavy atom. The number of rotatable bonds is 15. The van der Waals surface area contributed by atoms with Gasteiger partial charge in [0.1, 0.15) is 17.5 Å². The van der Waals surface area contributed by atoms with Crippen LogP contribution < -0.4 is 34.7 Å². The van der Waals surface area contributed by atoms with E-state index in [1.165, 1.54) is 63.6 Å². The number of halogens is 3. The van der Waals surface area contributed by atoms with E-state index >= 15 is 0 Å². The van der Waals surface area contributed by atoms with Crippen LogP contribution in [0.15, 0.2) is 109 Å². The fourth-order valence-corrected chi connectivity index (χ4v) is 6.71. The molecule has 0 fully saturated rings. The Morgan fingerprint density at radius 2 is 1.17 bits per heavy atom. The number of aliphatic hydroxyl groups excluding tert-OH is 1. The van der Waals surface area contributed by atoms with E-state index in [0.717, 1.165) is 61.3 Å². The van der Waals surface area contributed by atoms with Crippen LogP contribution in [0.4, 0.5) is 13.2 Å². The Kier molecular flexibility index (Phi) is 32.0. The fourth-order valence-electron chi connectivity index (χ4n) is 6.71. The number of hydrogen-bond donors (Lipinski definition) is 1. The van der Waals surface area contributed by atoms with Crippen LogP contribution in [0.1, 0.15) is 94.7 Å².